The lowest BCUT2D eigenvalue weighted by molar-refractivity contribution is -0.133. The molecule has 1 aliphatic heterocycles. The number of aryl methyl sites for hydroxylation is 1. The third kappa shape index (κ3) is 3.46. The van der Waals surface area contributed by atoms with Crippen LogP contribution in [0.3, 0.4) is 0 Å². The molecule has 1 saturated heterocycles. The van der Waals surface area contributed by atoms with Gasteiger partial charge in [0.2, 0.25) is 15.9 Å². The third-order valence-corrected chi connectivity index (χ3v) is 6.82. The van der Waals surface area contributed by atoms with Gasteiger partial charge in [0.25, 0.3) is 0 Å². The molecule has 0 unspecified atom stereocenters. The number of piperazine rings is 1. The fraction of sp³-hybridized carbons (Fsp3) is 0.588. The lowest BCUT2D eigenvalue weighted by atomic mass is 10.2. The maximum atomic E-state index is 13.0. The molecule has 1 aromatic rings. The Morgan fingerprint density at radius 3 is 2.12 bits per heavy atom. The van der Waals surface area contributed by atoms with Gasteiger partial charge in [0.15, 0.2) is 11.5 Å². The largest absolute Gasteiger partial charge is 0.493 e. The predicted octanol–water partition coefficient (Wildman–Crippen LogP) is 1.26. The summed E-state index contributed by atoms with van der Waals surface area (Å²) < 4.78 is 37.9. The predicted molar refractivity (Wildman–Crippen MR) is 92.3 cm³/mol. The molecule has 1 amide bonds. The van der Waals surface area contributed by atoms with Crippen molar-refractivity contribution in [3.63, 3.8) is 0 Å². The summed E-state index contributed by atoms with van der Waals surface area (Å²) in [6.07, 6.45) is 1.92. The van der Waals surface area contributed by atoms with Gasteiger partial charge in [-0.05, 0) is 31.4 Å². The highest BCUT2D eigenvalue weighted by Gasteiger charge is 2.37. The summed E-state index contributed by atoms with van der Waals surface area (Å²) in [5.41, 5.74) is 0.606. The van der Waals surface area contributed by atoms with Crippen molar-refractivity contribution in [2.45, 2.75) is 24.7 Å². The monoisotopic (exact) mass is 368 g/mol. The van der Waals surface area contributed by atoms with Crippen LogP contribution in [-0.2, 0) is 14.8 Å². The number of ether oxygens (including phenoxy) is 2. The molecule has 0 bridgehead atoms. The van der Waals surface area contributed by atoms with Gasteiger partial charge in [0.05, 0.1) is 19.1 Å². The molecular formula is C17H24N2O5S. The number of carbonyl (C=O) groups excluding carboxylic acids is 1. The Balaban J connectivity index is 1.79. The lowest BCUT2D eigenvalue weighted by Gasteiger charge is -2.34. The van der Waals surface area contributed by atoms with E-state index in [1.807, 2.05) is 0 Å². The number of nitrogens with zero attached hydrogens (tertiary/aromatic N) is 2. The third-order valence-electron chi connectivity index (χ3n) is 4.78. The Labute approximate surface area is 148 Å². The van der Waals surface area contributed by atoms with Crippen LogP contribution in [0.5, 0.6) is 11.5 Å². The molecule has 2 fully saturated rings. The van der Waals surface area contributed by atoms with Crippen molar-refractivity contribution in [3.8, 4) is 11.5 Å². The van der Waals surface area contributed by atoms with Gasteiger partial charge >= 0.3 is 0 Å². The number of carbonyl (C=O) groups is 1. The van der Waals surface area contributed by atoms with E-state index < -0.39 is 10.0 Å². The summed E-state index contributed by atoms with van der Waals surface area (Å²) >= 11 is 0. The molecule has 0 N–H and O–H groups in total. The van der Waals surface area contributed by atoms with E-state index in [4.69, 9.17) is 9.47 Å². The van der Waals surface area contributed by atoms with Crippen LogP contribution in [-0.4, -0.2) is 63.9 Å². The van der Waals surface area contributed by atoms with Crippen molar-refractivity contribution >= 4 is 15.9 Å². The second-order valence-corrected chi connectivity index (χ2v) is 8.38. The fourth-order valence-corrected chi connectivity index (χ4v) is 4.76. The smallest absolute Gasteiger partial charge is 0.243 e. The van der Waals surface area contributed by atoms with Crippen molar-refractivity contribution < 1.29 is 22.7 Å². The topological polar surface area (TPSA) is 76.2 Å². The van der Waals surface area contributed by atoms with Crippen molar-refractivity contribution in [2.75, 3.05) is 40.4 Å². The Morgan fingerprint density at radius 1 is 1.04 bits per heavy atom. The van der Waals surface area contributed by atoms with E-state index in [9.17, 15) is 13.2 Å². The van der Waals surface area contributed by atoms with Gasteiger partial charge in [-0.15, -0.1) is 0 Å². The molecule has 0 atom stereocenters. The summed E-state index contributed by atoms with van der Waals surface area (Å²) in [4.78, 5) is 14.1. The molecular weight excluding hydrogens is 344 g/mol. The molecule has 7 nitrogen and oxygen atoms in total. The summed E-state index contributed by atoms with van der Waals surface area (Å²) in [7, 11) is -0.651. The zero-order valence-electron chi connectivity index (χ0n) is 14.8. The molecule has 0 spiro atoms. The highest BCUT2D eigenvalue weighted by molar-refractivity contribution is 7.89. The minimum atomic E-state index is -3.64. The minimum absolute atomic E-state index is 0.163. The molecule has 0 aromatic heterocycles. The highest BCUT2D eigenvalue weighted by atomic mass is 32.2. The van der Waals surface area contributed by atoms with Gasteiger partial charge in [0, 0.05) is 38.2 Å². The molecule has 1 heterocycles. The summed E-state index contributed by atoms with van der Waals surface area (Å²) in [5.74, 6) is 1.21. The first-order chi connectivity index (χ1) is 11.9. The summed E-state index contributed by atoms with van der Waals surface area (Å²) in [6.45, 7) is 3.26. The number of methoxy groups -OCH3 is 2. The maximum absolute atomic E-state index is 13.0. The maximum Gasteiger partial charge on any atom is 0.243 e. The second-order valence-electron chi connectivity index (χ2n) is 6.48. The van der Waals surface area contributed by atoms with Crippen LogP contribution in [0.4, 0.5) is 0 Å². The molecule has 0 radical (unpaired) electrons. The number of rotatable bonds is 5. The second kappa shape index (κ2) is 6.84. The number of amides is 1. The van der Waals surface area contributed by atoms with Gasteiger partial charge in [-0.1, -0.05) is 0 Å². The van der Waals surface area contributed by atoms with Crippen molar-refractivity contribution in [2.24, 2.45) is 5.92 Å². The SMILES string of the molecule is COc1cc(C)c(S(=O)(=O)N2CCN(C(=O)C3CC3)CC2)cc1OC. The Hall–Kier alpha value is -1.80. The van der Waals surface area contributed by atoms with E-state index in [2.05, 4.69) is 0 Å². The van der Waals surface area contributed by atoms with Crippen LogP contribution < -0.4 is 9.47 Å². The van der Waals surface area contributed by atoms with Crippen LogP contribution in [0.25, 0.3) is 0 Å². The summed E-state index contributed by atoms with van der Waals surface area (Å²) in [5, 5.41) is 0. The van der Waals surface area contributed by atoms with E-state index in [0.29, 0.717) is 43.2 Å². The van der Waals surface area contributed by atoms with E-state index in [0.717, 1.165) is 12.8 Å². The highest BCUT2D eigenvalue weighted by Crippen LogP contribution is 2.34. The van der Waals surface area contributed by atoms with Crippen LogP contribution >= 0.6 is 0 Å². The van der Waals surface area contributed by atoms with E-state index in [-0.39, 0.29) is 16.7 Å². The number of hydrogen-bond acceptors (Lipinski definition) is 5. The number of benzene rings is 1. The number of hydrogen-bond donors (Lipinski definition) is 0. The average molecular weight is 368 g/mol. The summed E-state index contributed by atoms with van der Waals surface area (Å²) in [6, 6.07) is 3.17. The lowest BCUT2D eigenvalue weighted by Crippen LogP contribution is -2.51. The Morgan fingerprint density at radius 2 is 1.60 bits per heavy atom. The first-order valence-electron chi connectivity index (χ1n) is 8.40. The van der Waals surface area contributed by atoms with Crippen LogP contribution in [0, 0.1) is 12.8 Å². The van der Waals surface area contributed by atoms with E-state index >= 15 is 0 Å². The molecule has 3 rings (SSSR count). The van der Waals surface area contributed by atoms with Gasteiger partial charge in [-0.3, -0.25) is 4.79 Å². The Bertz CT molecular complexity index is 765. The van der Waals surface area contributed by atoms with Crippen LogP contribution in [0.15, 0.2) is 17.0 Å². The first kappa shape index (κ1) is 18.0. The quantitative estimate of drug-likeness (QED) is 0.782. The molecule has 1 aliphatic carbocycles. The van der Waals surface area contributed by atoms with Crippen molar-refractivity contribution in [3.05, 3.63) is 17.7 Å². The van der Waals surface area contributed by atoms with Crippen LogP contribution in [0.1, 0.15) is 18.4 Å². The molecule has 2 aliphatic rings. The van der Waals surface area contributed by atoms with Gasteiger partial charge < -0.3 is 14.4 Å². The van der Waals surface area contributed by atoms with Gasteiger partial charge in [-0.25, -0.2) is 8.42 Å². The fourth-order valence-electron chi connectivity index (χ4n) is 3.12. The van der Waals surface area contributed by atoms with Crippen molar-refractivity contribution in [1.82, 2.24) is 9.21 Å². The van der Waals surface area contributed by atoms with Gasteiger partial charge in [-0.2, -0.15) is 4.31 Å². The number of sulfonamides is 1. The van der Waals surface area contributed by atoms with Crippen LogP contribution in [0.2, 0.25) is 0 Å². The minimum Gasteiger partial charge on any atom is -0.493 e. The normalized spacial score (nSPS) is 18.9. The zero-order valence-corrected chi connectivity index (χ0v) is 15.6. The zero-order chi connectivity index (χ0) is 18.2. The molecule has 138 valence electrons. The standard InChI is InChI=1S/C17H24N2O5S/c1-12-10-14(23-2)15(24-3)11-16(12)25(21,22)19-8-6-18(7-9-19)17(20)13-4-5-13/h10-11,13H,4-9H2,1-3H3. The molecule has 1 saturated carbocycles. The average Bonchev–Trinajstić information content (AvgIpc) is 3.45. The first-order valence-corrected chi connectivity index (χ1v) is 9.84. The van der Waals surface area contributed by atoms with E-state index in [1.54, 1.807) is 17.9 Å². The van der Waals surface area contributed by atoms with Crippen molar-refractivity contribution in [1.29, 1.82) is 0 Å². The molecule has 1 aromatic carbocycles. The molecule has 25 heavy (non-hydrogen) atoms. The van der Waals surface area contributed by atoms with E-state index in [1.165, 1.54) is 24.6 Å². The van der Waals surface area contributed by atoms with Gasteiger partial charge in [0.1, 0.15) is 0 Å². The Kier molecular flexibility index (Phi) is 4.92. The molecule has 8 heteroatoms.